The largest absolute Gasteiger partial charge is 0.493 e. The molecule has 1 aromatic carbocycles. The summed E-state index contributed by atoms with van der Waals surface area (Å²) < 4.78 is 5.67. The van der Waals surface area contributed by atoms with Crippen molar-refractivity contribution in [2.45, 2.75) is 37.8 Å². The summed E-state index contributed by atoms with van der Waals surface area (Å²) in [5.41, 5.74) is 1.83. The summed E-state index contributed by atoms with van der Waals surface area (Å²) in [5.74, 6) is 0.915. The van der Waals surface area contributed by atoms with Crippen LogP contribution < -0.4 is 10.1 Å². The van der Waals surface area contributed by atoms with Crippen molar-refractivity contribution in [1.82, 2.24) is 15.1 Å². The average molecular weight is 329 g/mol. The molecule has 0 saturated carbocycles. The van der Waals surface area contributed by atoms with Gasteiger partial charge in [0.25, 0.3) is 5.91 Å². The number of rotatable bonds is 2. The van der Waals surface area contributed by atoms with Gasteiger partial charge in [0.2, 0.25) is 0 Å². The number of amides is 3. The molecule has 6 heteroatoms. The Bertz CT molecular complexity index is 695. The maximum atomic E-state index is 12.4. The molecule has 0 aromatic heterocycles. The topological polar surface area (TPSA) is 61.9 Å². The number of urea groups is 1. The van der Waals surface area contributed by atoms with E-state index in [1.165, 1.54) is 16.0 Å². The van der Waals surface area contributed by atoms with Crippen LogP contribution in [0.1, 0.15) is 36.9 Å². The molecule has 3 heterocycles. The third kappa shape index (κ3) is 2.28. The Hall–Kier alpha value is -2.08. The van der Waals surface area contributed by atoms with Crippen molar-refractivity contribution in [3.05, 3.63) is 29.3 Å². The maximum Gasteiger partial charge on any atom is 0.324 e. The van der Waals surface area contributed by atoms with Gasteiger partial charge in [-0.3, -0.25) is 14.6 Å². The van der Waals surface area contributed by atoms with Crippen molar-refractivity contribution >= 4 is 11.9 Å². The van der Waals surface area contributed by atoms with E-state index in [1.54, 1.807) is 7.05 Å². The molecular formula is C18H23N3O3. The van der Waals surface area contributed by atoms with Crippen LogP contribution >= 0.6 is 0 Å². The van der Waals surface area contributed by atoms with Gasteiger partial charge in [-0.15, -0.1) is 0 Å². The second-order valence-corrected chi connectivity index (χ2v) is 7.05. The second-order valence-electron chi connectivity index (χ2n) is 7.05. The number of fused-ring (bicyclic) bond motifs is 1. The van der Waals surface area contributed by atoms with E-state index < -0.39 is 5.54 Å². The van der Waals surface area contributed by atoms with Gasteiger partial charge in [-0.1, -0.05) is 12.1 Å². The SMILES string of the molecule is CC(c1ccc2c(c1)OCC2)N1CCC2(CC1)NC(=O)N(C)C2=O. The number of ether oxygens (including phenoxy) is 1. The van der Waals surface area contributed by atoms with Crippen molar-refractivity contribution in [2.24, 2.45) is 0 Å². The number of nitrogens with zero attached hydrogens (tertiary/aromatic N) is 2. The number of hydrogen-bond acceptors (Lipinski definition) is 4. The summed E-state index contributed by atoms with van der Waals surface area (Å²) in [4.78, 5) is 27.7. The summed E-state index contributed by atoms with van der Waals surface area (Å²) in [6.07, 6.45) is 2.31. The van der Waals surface area contributed by atoms with Gasteiger partial charge in [0, 0.05) is 32.6 Å². The molecule has 1 unspecified atom stereocenters. The van der Waals surface area contributed by atoms with Crippen LogP contribution in [0.4, 0.5) is 4.79 Å². The van der Waals surface area contributed by atoms with Gasteiger partial charge in [-0.05, 0) is 37.0 Å². The van der Waals surface area contributed by atoms with Crippen LogP contribution in [-0.2, 0) is 11.2 Å². The smallest absolute Gasteiger partial charge is 0.324 e. The third-order valence-corrected chi connectivity index (χ3v) is 5.77. The highest BCUT2D eigenvalue weighted by atomic mass is 16.5. The zero-order valence-electron chi connectivity index (χ0n) is 14.2. The summed E-state index contributed by atoms with van der Waals surface area (Å²) in [6, 6.07) is 6.47. The summed E-state index contributed by atoms with van der Waals surface area (Å²) in [5, 5.41) is 2.89. The standard InChI is InChI=1S/C18H23N3O3/c1-12(14-4-3-13-5-10-24-15(13)11-14)21-8-6-18(7-9-21)16(22)20(2)17(23)19-18/h3-4,11-12H,5-10H2,1-2H3,(H,19,23). The van der Waals surface area contributed by atoms with E-state index in [1.807, 2.05) is 0 Å². The highest BCUT2D eigenvalue weighted by molar-refractivity contribution is 6.06. The lowest BCUT2D eigenvalue weighted by atomic mass is 9.86. The number of nitrogens with one attached hydrogen (secondary N) is 1. The Morgan fingerprint density at radius 3 is 2.67 bits per heavy atom. The van der Waals surface area contributed by atoms with Crippen molar-refractivity contribution in [1.29, 1.82) is 0 Å². The molecule has 24 heavy (non-hydrogen) atoms. The number of hydrogen-bond donors (Lipinski definition) is 1. The lowest BCUT2D eigenvalue weighted by Crippen LogP contribution is -2.55. The number of carbonyl (C=O) groups is 2. The van der Waals surface area contributed by atoms with E-state index in [2.05, 4.69) is 35.3 Å². The zero-order valence-corrected chi connectivity index (χ0v) is 14.2. The quantitative estimate of drug-likeness (QED) is 0.839. The number of likely N-dealkylation sites (tertiary alicyclic amines) is 1. The first-order valence-electron chi connectivity index (χ1n) is 8.60. The predicted molar refractivity (Wildman–Crippen MR) is 88.9 cm³/mol. The minimum Gasteiger partial charge on any atom is -0.493 e. The second kappa shape index (κ2) is 5.48. The van der Waals surface area contributed by atoms with Gasteiger partial charge in [0.1, 0.15) is 11.3 Å². The fourth-order valence-electron chi connectivity index (χ4n) is 4.04. The first-order chi connectivity index (χ1) is 11.5. The molecule has 3 aliphatic heterocycles. The highest BCUT2D eigenvalue weighted by Gasteiger charge is 2.51. The maximum absolute atomic E-state index is 12.4. The monoisotopic (exact) mass is 329 g/mol. The number of piperidine rings is 1. The van der Waals surface area contributed by atoms with E-state index in [4.69, 9.17) is 4.74 Å². The predicted octanol–water partition coefficient (Wildman–Crippen LogP) is 1.70. The summed E-state index contributed by atoms with van der Waals surface area (Å²) in [7, 11) is 1.55. The van der Waals surface area contributed by atoms with Crippen molar-refractivity contribution in [3.63, 3.8) is 0 Å². The van der Waals surface area contributed by atoms with E-state index in [0.29, 0.717) is 12.8 Å². The van der Waals surface area contributed by atoms with Gasteiger partial charge in [0.05, 0.1) is 6.61 Å². The highest BCUT2D eigenvalue weighted by Crippen LogP contribution is 2.35. The summed E-state index contributed by atoms with van der Waals surface area (Å²) >= 11 is 0. The normalized spacial score (nSPS) is 24.0. The molecule has 3 amide bonds. The van der Waals surface area contributed by atoms with E-state index >= 15 is 0 Å². The van der Waals surface area contributed by atoms with Crippen molar-refractivity contribution in [2.75, 3.05) is 26.7 Å². The van der Waals surface area contributed by atoms with Crippen molar-refractivity contribution in [3.8, 4) is 5.75 Å². The van der Waals surface area contributed by atoms with Gasteiger partial charge < -0.3 is 10.1 Å². The van der Waals surface area contributed by atoms with E-state index in [-0.39, 0.29) is 18.0 Å². The van der Waals surface area contributed by atoms with Crippen molar-refractivity contribution < 1.29 is 14.3 Å². The number of benzene rings is 1. The number of likely N-dealkylation sites (N-methyl/N-ethyl adjacent to an activating group) is 1. The Balaban J connectivity index is 1.46. The molecule has 0 radical (unpaired) electrons. The molecule has 1 atom stereocenters. The molecule has 0 aliphatic carbocycles. The van der Waals surface area contributed by atoms with Crippen LogP contribution in [0.3, 0.4) is 0 Å². The molecule has 1 aromatic rings. The lowest BCUT2D eigenvalue weighted by molar-refractivity contribution is -0.132. The van der Waals surface area contributed by atoms with Gasteiger partial charge in [-0.2, -0.15) is 0 Å². The van der Waals surface area contributed by atoms with E-state index in [0.717, 1.165) is 31.9 Å². The molecule has 2 fully saturated rings. The van der Waals surface area contributed by atoms with Crippen LogP contribution in [0.15, 0.2) is 18.2 Å². The molecule has 1 spiro atoms. The lowest BCUT2D eigenvalue weighted by Gasteiger charge is -2.40. The fraction of sp³-hybridized carbons (Fsp3) is 0.556. The van der Waals surface area contributed by atoms with Crippen LogP contribution in [0, 0.1) is 0 Å². The molecule has 128 valence electrons. The first-order valence-corrected chi connectivity index (χ1v) is 8.60. The Morgan fingerprint density at radius 1 is 1.25 bits per heavy atom. The number of carbonyl (C=O) groups excluding carboxylic acids is 2. The van der Waals surface area contributed by atoms with Crippen LogP contribution in [0.5, 0.6) is 5.75 Å². The van der Waals surface area contributed by atoms with Gasteiger partial charge >= 0.3 is 6.03 Å². The third-order valence-electron chi connectivity index (χ3n) is 5.77. The molecule has 2 saturated heterocycles. The fourth-order valence-corrected chi connectivity index (χ4v) is 4.04. The minimum absolute atomic E-state index is 0.0919. The molecule has 3 aliphatic rings. The van der Waals surface area contributed by atoms with Crippen LogP contribution in [0.25, 0.3) is 0 Å². The molecular weight excluding hydrogens is 306 g/mol. The molecule has 6 nitrogen and oxygen atoms in total. The first kappa shape index (κ1) is 15.4. The minimum atomic E-state index is -0.691. The van der Waals surface area contributed by atoms with Crippen LogP contribution in [-0.4, -0.2) is 54.0 Å². The zero-order chi connectivity index (χ0) is 16.9. The molecule has 0 bridgehead atoms. The van der Waals surface area contributed by atoms with Crippen LogP contribution in [0.2, 0.25) is 0 Å². The molecule has 4 rings (SSSR count). The summed E-state index contributed by atoms with van der Waals surface area (Å²) in [6.45, 7) is 4.54. The Morgan fingerprint density at radius 2 is 2.00 bits per heavy atom. The average Bonchev–Trinajstić information content (AvgIpc) is 3.14. The van der Waals surface area contributed by atoms with E-state index in [9.17, 15) is 9.59 Å². The van der Waals surface area contributed by atoms with Gasteiger partial charge in [-0.25, -0.2) is 4.79 Å². The Labute approximate surface area is 141 Å². The molecule has 1 N–H and O–H groups in total. The Kier molecular flexibility index (Phi) is 3.53. The van der Waals surface area contributed by atoms with Gasteiger partial charge in [0.15, 0.2) is 0 Å². The number of imide groups is 1.